The summed E-state index contributed by atoms with van der Waals surface area (Å²) in [4.78, 5) is 23.7. The van der Waals surface area contributed by atoms with Gasteiger partial charge in [0.15, 0.2) is 0 Å². The molecule has 0 radical (unpaired) electrons. The van der Waals surface area contributed by atoms with Gasteiger partial charge in [-0.25, -0.2) is 4.79 Å². The maximum absolute atomic E-state index is 11.5. The third-order valence-electron chi connectivity index (χ3n) is 2.44. The molecular formula is C8H10N2O5S. The molecule has 0 bridgehead atoms. The number of ether oxygens (including phenoxy) is 1. The number of nitrogens with zero attached hydrogens (tertiary/aromatic N) is 1. The maximum atomic E-state index is 11.5. The Morgan fingerprint density at radius 1 is 1.62 bits per heavy atom. The minimum atomic E-state index is -1.48. The van der Waals surface area contributed by atoms with E-state index in [1.54, 1.807) is 0 Å². The third kappa shape index (κ3) is 1.46. The fourth-order valence-electron chi connectivity index (χ4n) is 1.70. The predicted molar refractivity (Wildman–Crippen MR) is 54.0 cm³/mol. The van der Waals surface area contributed by atoms with Crippen molar-refractivity contribution in [2.45, 2.75) is 5.37 Å². The molecule has 4 N–H and O–H groups in total. The van der Waals surface area contributed by atoms with Crippen LogP contribution in [0.15, 0.2) is 10.8 Å². The zero-order valence-electron chi connectivity index (χ0n) is 8.12. The molecule has 88 valence electrons. The molecule has 0 spiro atoms. The van der Waals surface area contributed by atoms with Crippen LogP contribution in [0.2, 0.25) is 0 Å². The van der Waals surface area contributed by atoms with Gasteiger partial charge in [0.05, 0.1) is 17.4 Å². The lowest BCUT2D eigenvalue weighted by Crippen LogP contribution is -2.58. The van der Waals surface area contributed by atoms with E-state index in [0.717, 1.165) is 0 Å². The summed E-state index contributed by atoms with van der Waals surface area (Å²) >= 11 is 1.26. The third-order valence-corrected chi connectivity index (χ3v) is 3.85. The van der Waals surface area contributed by atoms with Crippen molar-refractivity contribution in [2.24, 2.45) is 11.7 Å². The summed E-state index contributed by atoms with van der Waals surface area (Å²) in [5.41, 5.74) is 5.43. The van der Waals surface area contributed by atoms with Crippen molar-refractivity contribution in [1.82, 2.24) is 4.90 Å². The Hall–Kier alpha value is -1.25. The largest absolute Gasteiger partial charge is 0.512 e. The van der Waals surface area contributed by atoms with Crippen molar-refractivity contribution in [1.29, 1.82) is 0 Å². The molecule has 0 unspecified atom stereocenters. The molecule has 1 saturated heterocycles. The first-order valence-corrected chi connectivity index (χ1v) is 5.42. The topological polar surface area (TPSA) is 113 Å². The smallest absolute Gasteiger partial charge is 0.449 e. The second kappa shape index (κ2) is 3.96. The Morgan fingerprint density at radius 2 is 2.31 bits per heavy atom. The van der Waals surface area contributed by atoms with E-state index in [-0.39, 0.29) is 30.3 Å². The highest BCUT2D eigenvalue weighted by Crippen LogP contribution is 2.48. The molecule has 0 aromatic rings. The van der Waals surface area contributed by atoms with Gasteiger partial charge >= 0.3 is 6.16 Å². The number of carboxylic acid groups (broad SMARTS) is 1. The van der Waals surface area contributed by atoms with Crippen LogP contribution in [0.1, 0.15) is 0 Å². The summed E-state index contributed by atoms with van der Waals surface area (Å²) in [5, 5.41) is 17.2. The molecule has 2 atom stereocenters. The summed E-state index contributed by atoms with van der Waals surface area (Å²) in [6.45, 7) is -0.156. The fraction of sp³-hybridized carbons (Fsp3) is 0.500. The molecule has 7 nitrogen and oxygen atoms in total. The average Bonchev–Trinajstić information content (AvgIpc) is 2.52. The molecule has 1 fully saturated rings. The molecule has 8 heteroatoms. The molecule has 1 amide bonds. The first kappa shape index (κ1) is 11.2. The van der Waals surface area contributed by atoms with E-state index in [9.17, 15) is 9.59 Å². The molecule has 2 heterocycles. The summed E-state index contributed by atoms with van der Waals surface area (Å²) in [7, 11) is 0. The molecule has 2 rings (SSSR count). The van der Waals surface area contributed by atoms with Crippen LogP contribution in [0.4, 0.5) is 4.79 Å². The highest BCUT2D eigenvalue weighted by Gasteiger charge is 2.55. The number of aliphatic hydroxyl groups excluding tert-OH is 1. The van der Waals surface area contributed by atoms with E-state index in [1.165, 1.54) is 16.7 Å². The number of aliphatic hydroxyl groups is 1. The van der Waals surface area contributed by atoms with Gasteiger partial charge in [-0.3, -0.25) is 9.69 Å². The number of amides is 1. The summed E-state index contributed by atoms with van der Waals surface area (Å²) in [6, 6.07) is 0. The molecule has 2 aliphatic rings. The Bertz CT molecular complexity index is 383. The number of thioether (sulfide) groups is 1. The molecule has 0 aromatic carbocycles. The number of hydrogen-bond acceptors (Lipinski definition) is 6. The van der Waals surface area contributed by atoms with Crippen LogP contribution >= 0.6 is 11.8 Å². The van der Waals surface area contributed by atoms with Crippen molar-refractivity contribution in [3.05, 3.63) is 10.8 Å². The second-order valence-corrected chi connectivity index (χ2v) is 4.52. The summed E-state index contributed by atoms with van der Waals surface area (Å²) in [5.74, 6) is -0.846. The molecular weight excluding hydrogens is 236 g/mol. The van der Waals surface area contributed by atoms with E-state index in [1.807, 2.05) is 0 Å². The summed E-state index contributed by atoms with van der Waals surface area (Å²) < 4.78 is 4.53. The van der Waals surface area contributed by atoms with Gasteiger partial charge in [0.1, 0.15) is 5.37 Å². The molecule has 16 heavy (non-hydrogen) atoms. The number of β-lactam (4-membered cyclic amide) rings is 1. The van der Waals surface area contributed by atoms with Gasteiger partial charge in [-0.2, -0.15) is 0 Å². The van der Waals surface area contributed by atoms with Gasteiger partial charge in [-0.15, -0.1) is 0 Å². The van der Waals surface area contributed by atoms with Gasteiger partial charge in [0.25, 0.3) is 0 Å². The van der Waals surface area contributed by atoms with E-state index < -0.39 is 12.1 Å². The zero-order valence-corrected chi connectivity index (χ0v) is 8.94. The lowest BCUT2D eigenvalue weighted by Gasteiger charge is -2.40. The van der Waals surface area contributed by atoms with Gasteiger partial charge in [-0.05, 0) is 0 Å². The standard InChI is InChI=1S/C8H10N2O5S/c9-1-4-6(15-8(13)14)10-5(12)3(2-11)7(10)16-4/h3,7,11H,1-2,9H2,(H,13,14)/t3-,7+/m0/s1. The zero-order chi connectivity index (χ0) is 11.9. The van der Waals surface area contributed by atoms with Crippen LogP contribution in [0.3, 0.4) is 0 Å². The van der Waals surface area contributed by atoms with Crippen LogP contribution in [-0.2, 0) is 9.53 Å². The number of fused-ring (bicyclic) bond motifs is 1. The van der Waals surface area contributed by atoms with Crippen LogP contribution in [-0.4, -0.2) is 45.7 Å². The predicted octanol–water partition coefficient (Wildman–Crippen LogP) is -0.668. The van der Waals surface area contributed by atoms with E-state index in [2.05, 4.69) is 4.74 Å². The molecule has 0 saturated carbocycles. The summed E-state index contributed by atoms with van der Waals surface area (Å²) in [6.07, 6.45) is -1.48. The lowest BCUT2D eigenvalue weighted by atomic mass is 10.00. The first-order valence-electron chi connectivity index (χ1n) is 4.54. The monoisotopic (exact) mass is 246 g/mol. The van der Waals surface area contributed by atoms with Crippen molar-refractivity contribution in [3.8, 4) is 0 Å². The van der Waals surface area contributed by atoms with Crippen LogP contribution in [0, 0.1) is 5.92 Å². The minimum Gasteiger partial charge on any atom is -0.449 e. The quantitative estimate of drug-likeness (QED) is 0.447. The Morgan fingerprint density at radius 3 is 2.81 bits per heavy atom. The number of carbonyl (C=O) groups is 2. The lowest BCUT2D eigenvalue weighted by molar-refractivity contribution is -0.151. The Kier molecular flexibility index (Phi) is 2.78. The minimum absolute atomic E-state index is 0.0142. The van der Waals surface area contributed by atoms with Gasteiger partial charge in [0.2, 0.25) is 11.8 Å². The van der Waals surface area contributed by atoms with Crippen molar-refractivity contribution < 1.29 is 24.5 Å². The number of carbonyl (C=O) groups excluding carboxylic acids is 1. The van der Waals surface area contributed by atoms with Crippen molar-refractivity contribution in [3.63, 3.8) is 0 Å². The van der Waals surface area contributed by atoms with Crippen LogP contribution in [0.25, 0.3) is 0 Å². The SMILES string of the molecule is NCC1=C(OC(=O)O)N2C(=O)[C@H](CO)[C@H]2S1. The van der Waals surface area contributed by atoms with Gasteiger partial charge < -0.3 is 20.7 Å². The maximum Gasteiger partial charge on any atom is 0.512 e. The first-order chi connectivity index (χ1) is 7.60. The van der Waals surface area contributed by atoms with Crippen molar-refractivity contribution >= 4 is 23.8 Å². The van der Waals surface area contributed by atoms with Crippen LogP contribution < -0.4 is 5.73 Å². The second-order valence-electron chi connectivity index (χ2n) is 3.31. The Labute approximate surface area is 94.8 Å². The van der Waals surface area contributed by atoms with Crippen molar-refractivity contribution in [2.75, 3.05) is 13.2 Å². The number of nitrogens with two attached hydrogens (primary N) is 1. The normalized spacial score (nSPS) is 27.9. The highest BCUT2D eigenvalue weighted by molar-refractivity contribution is 8.04. The van der Waals surface area contributed by atoms with Gasteiger partial charge in [0, 0.05) is 6.54 Å². The average molecular weight is 246 g/mol. The number of rotatable bonds is 3. The molecule has 2 aliphatic heterocycles. The van der Waals surface area contributed by atoms with E-state index >= 15 is 0 Å². The molecule has 0 aliphatic carbocycles. The van der Waals surface area contributed by atoms with E-state index in [4.69, 9.17) is 15.9 Å². The highest BCUT2D eigenvalue weighted by atomic mass is 32.2. The number of hydrogen-bond donors (Lipinski definition) is 3. The molecule has 0 aromatic heterocycles. The van der Waals surface area contributed by atoms with E-state index in [0.29, 0.717) is 4.91 Å². The Balaban J connectivity index is 2.21. The fourth-order valence-corrected chi connectivity index (χ4v) is 3.00. The van der Waals surface area contributed by atoms with Crippen LogP contribution in [0.5, 0.6) is 0 Å². The van der Waals surface area contributed by atoms with Gasteiger partial charge in [-0.1, -0.05) is 11.8 Å².